The molecule has 10 heteroatoms. The molecule has 1 aliphatic heterocycles. The van der Waals surface area contributed by atoms with Gasteiger partial charge in [0.2, 0.25) is 0 Å². The summed E-state index contributed by atoms with van der Waals surface area (Å²) in [7, 11) is 0. The van der Waals surface area contributed by atoms with Gasteiger partial charge >= 0.3 is 5.97 Å². The lowest BCUT2D eigenvalue weighted by Crippen LogP contribution is -2.52. The minimum absolute atomic E-state index is 0.00710. The molecule has 1 saturated heterocycles. The average molecular weight is 591 g/mol. The van der Waals surface area contributed by atoms with Gasteiger partial charge in [0.1, 0.15) is 12.3 Å². The fraction of sp³-hybridized carbons (Fsp3) is 0.258. The van der Waals surface area contributed by atoms with Crippen LogP contribution in [-0.2, 0) is 9.59 Å². The number of benzene rings is 3. The summed E-state index contributed by atoms with van der Waals surface area (Å²) in [6.07, 6.45) is 2.57. The van der Waals surface area contributed by atoms with Gasteiger partial charge in [-0.15, -0.1) is 0 Å². The Morgan fingerprint density at radius 2 is 1.46 bits per heavy atom. The summed E-state index contributed by atoms with van der Waals surface area (Å²) in [5.41, 5.74) is 0.581. The number of imide groups is 1. The lowest BCUT2D eigenvalue weighted by molar-refractivity contribution is -0.155. The molecular formula is C31H24Cl2N2O6. The summed E-state index contributed by atoms with van der Waals surface area (Å²) in [4.78, 5) is 66.7. The van der Waals surface area contributed by atoms with E-state index in [1.807, 2.05) is 0 Å². The molecule has 0 unspecified atom stereocenters. The Balaban J connectivity index is 1.26. The number of carbonyl (C=O) groups is 5. The first-order valence-corrected chi connectivity index (χ1v) is 14.0. The maximum absolute atomic E-state index is 13.8. The number of Topliss-reactive ketones (excluding diaryl/α,β-unsaturated/α-hetero) is 1. The highest BCUT2D eigenvalue weighted by atomic mass is 35.5. The van der Waals surface area contributed by atoms with Gasteiger partial charge < -0.3 is 4.74 Å². The van der Waals surface area contributed by atoms with Crippen molar-refractivity contribution in [1.82, 2.24) is 10.0 Å². The molecule has 3 aliphatic rings. The van der Waals surface area contributed by atoms with E-state index >= 15 is 0 Å². The number of esters is 1. The number of ether oxygens (including phenoxy) is 1. The molecule has 208 valence electrons. The third kappa shape index (κ3) is 4.91. The first kappa shape index (κ1) is 27.2. The molecule has 2 aliphatic carbocycles. The first-order valence-electron chi connectivity index (χ1n) is 13.3. The molecule has 0 spiro atoms. The summed E-state index contributed by atoms with van der Waals surface area (Å²) in [5, 5.41) is 2.11. The van der Waals surface area contributed by atoms with E-state index < -0.39 is 47.9 Å². The van der Waals surface area contributed by atoms with E-state index in [9.17, 15) is 24.0 Å². The molecule has 2 saturated carbocycles. The monoisotopic (exact) mass is 590 g/mol. The molecule has 3 aromatic carbocycles. The van der Waals surface area contributed by atoms with Crippen molar-refractivity contribution >= 4 is 52.7 Å². The third-order valence-corrected chi connectivity index (χ3v) is 8.78. The van der Waals surface area contributed by atoms with Crippen molar-refractivity contribution in [2.45, 2.75) is 19.3 Å². The molecule has 4 atom stereocenters. The van der Waals surface area contributed by atoms with Crippen LogP contribution in [0.5, 0.6) is 5.75 Å². The normalized spacial score (nSPS) is 22.5. The summed E-state index contributed by atoms with van der Waals surface area (Å²) in [6, 6.07) is 18.6. The van der Waals surface area contributed by atoms with Crippen molar-refractivity contribution in [3.05, 3.63) is 99.5 Å². The van der Waals surface area contributed by atoms with Crippen LogP contribution in [0.4, 0.5) is 0 Å². The first-order chi connectivity index (χ1) is 19.7. The van der Waals surface area contributed by atoms with Crippen LogP contribution in [0.1, 0.15) is 50.3 Å². The molecule has 0 radical (unpaired) electrons. The van der Waals surface area contributed by atoms with Gasteiger partial charge in [0, 0.05) is 10.6 Å². The number of fused-ring (bicyclic) bond motifs is 5. The minimum Gasteiger partial charge on any atom is -0.423 e. The lowest BCUT2D eigenvalue weighted by Gasteiger charge is -2.31. The molecule has 41 heavy (non-hydrogen) atoms. The predicted octanol–water partition coefficient (Wildman–Crippen LogP) is 5.48. The van der Waals surface area contributed by atoms with E-state index in [2.05, 4.69) is 0 Å². The topological polar surface area (TPSA) is 101 Å². The Morgan fingerprint density at radius 3 is 2.07 bits per heavy atom. The van der Waals surface area contributed by atoms with Crippen molar-refractivity contribution in [1.29, 1.82) is 0 Å². The second-order valence-corrected chi connectivity index (χ2v) is 11.4. The van der Waals surface area contributed by atoms with Gasteiger partial charge in [-0.1, -0.05) is 41.4 Å². The van der Waals surface area contributed by atoms with Crippen molar-refractivity contribution < 1.29 is 28.7 Å². The van der Waals surface area contributed by atoms with Crippen LogP contribution in [0, 0.1) is 23.7 Å². The van der Waals surface area contributed by atoms with Gasteiger partial charge in [-0.3, -0.25) is 19.2 Å². The second-order valence-electron chi connectivity index (χ2n) is 10.6. The Labute approximate surface area is 245 Å². The van der Waals surface area contributed by atoms with Crippen molar-refractivity contribution in [2.75, 3.05) is 6.54 Å². The van der Waals surface area contributed by atoms with Crippen molar-refractivity contribution in [3.63, 3.8) is 0 Å². The number of hydrazine groups is 1. The quantitative estimate of drug-likeness (QED) is 0.156. The summed E-state index contributed by atoms with van der Waals surface area (Å²) in [5.74, 6) is -3.28. The number of amides is 3. The molecule has 2 bridgehead atoms. The van der Waals surface area contributed by atoms with Gasteiger partial charge in [-0.25, -0.2) is 9.80 Å². The van der Waals surface area contributed by atoms with Crippen molar-refractivity contribution in [3.8, 4) is 5.75 Å². The highest BCUT2D eigenvalue weighted by Gasteiger charge is 2.62. The van der Waals surface area contributed by atoms with Crippen LogP contribution >= 0.6 is 23.2 Å². The number of hydrogen-bond donors (Lipinski definition) is 0. The smallest absolute Gasteiger partial charge is 0.343 e. The molecule has 3 aromatic rings. The Morgan fingerprint density at radius 1 is 0.829 bits per heavy atom. The van der Waals surface area contributed by atoms with Gasteiger partial charge in [0.15, 0.2) is 5.78 Å². The molecule has 8 nitrogen and oxygen atoms in total. The van der Waals surface area contributed by atoms with Gasteiger partial charge in [0.25, 0.3) is 17.7 Å². The SMILES string of the molecule is O=C(CN(C(=O)c1ccc(Cl)cc1Cl)N1C(=O)[C@@H]2[C@H]3CC[C@@H](C3)[C@H]2C1=O)c1ccc(OC(=O)c2ccccc2)cc1. The van der Waals surface area contributed by atoms with Gasteiger partial charge in [-0.05, 0) is 85.7 Å². The fourth-order valence-electron chi connectivity index (χ4n) is 6.34. The summed E-state index contributed by atoms with van der Waals surface area (Å²) >= 11 is 12.3. The van der Waals surface area contributed by atoms with Crippen molar-refractivity contribution in [2.24, 2.45) is 23.7 Å². The van der Waals surface area contributed by atoms with Crippen LogP contribution in [0.2, 0.25) is 10.0 Å². The number of halogens is 2. The fourth-order valence-corrected chi connectivity index (χ4v) is 6.83. The van der Waals surface area contributed by atoms with Gasteiger partial charge in [0.05, 0.1) is 28.0 Å². The molecule has 3 amide bonds. The molecule has 6 rings (SSSR count). The highest BCUT2D eigenvalue weighted by Crippen LogP contribution is 2.56. The second kappa shape index (κ2) is 10.8. The van der Waals surface area contributed by atoms with E-state index in [-0.39, 0.29) is 33.7 Å². The van der Waals surface area contributed by atoms with Crippen LogP contribution < -0.4 is 4.74 Å². The number of carbonyl (C=O) groups excluding carboxylic acids is 5. The van der Waals surface area contributed by atoms with Crippen LogP contribution in [-0.4, -0.2) is 46.0 Å². The predicted molar refractivity (Wildman–Crippen MR) is 149 cm³/mol. The highest BCUT2D eigenvalue weighted by molar-refractivity contribution is 6.36. The number of ketones is 1. The van der Waals surface area contributed by atoms with E-state index in [1.54, 1.807) is 30.3 Å². The number of nitrogens with zero attached hydrogens (tertiary/aromatic N) is 2. The molecular weight excluding hydrogens is 567 g/mol. The minimum atomic E-state index is -0.762. The number of rotatable bonds is 7. The Kier molecular flexibility index (Phi) is 7.13. The van der Waals surface area contributed by atoms with E-state index in [0.29, 0.717) is 10.6 Å². The molecule has 0 aromatic heterocycles. The molecule has 1 heterocycles. The molecule has 0 N–H and O–H groups in total. The van der Waals surface area contributed by atoms with E-state index in [4.69, 9.17) is 27.9 Å². The largest absolute Gasteiger partial charge is 0.423 e. The lowest BCUT2D eigenvalue weighted by atomic mass is 9.81. The van der Waals surface area contributed by atoms with Gasteiger partial charge in [-0.2, -0.15) is 5.01 Å². The summed E-state index contributed by atoms with van der Waals surface area (Å²) in [6.45, 7) is -0.576. The van der Waals surface area contributed by atoms with Crippen LogP contribution in [0.3, 0.4) is 0 Å². The third-order valence-electron chi connectivity index (χ3n) is 8.23. The zero-order valence-corrected chi connectivity index (χ0v) is 23.2. The zero-order chi connectivity index (χ0) is 28.8. The maximum Gasteiger partial charge on any atom is 0.343 e. The summed E-state index contributed by atoms with van der Waals surface area (Å²) < 4.78 is 5.38. The van der Waals surface area contributed by atoms with Crippen LogP contribution in [0.25, 0.3) is 0 Å². The molecule has 3 fully saturated rings. The standard InChI is InChI=1S/C31H24Cl2N2O6/c32-21-10-13-23(24(33)15-21)28(37)34(35-29(38)26-19-6-7-20(14-19)27(26)30(35)39)16-25(36)17-8-11-22(12-9-17)41-31(40)18-4-2-1-3-5-18/h1-5,8-13,15,19-20,26-27H,6-7,14,16H2/t19-,20-,26+,27+/m0/s1. The average Bonchev–Trinajstić information content (AvgIpc) is 3.66. The van der Waals surface area contributed by atoms with E-state index in [1.165, 1.54) is 42.5 Å². The zero-order valence-electron chi connectivity index (χ0n) is 21.7. The van der Waals surface area contributed by atoms with E-state index in [0.717, 1.165) is 29.3 Å². The number of hydrogen-bond acceptors (Lipinski definition) is 6. The Hall–Kier alpha value is -4.01. The Bertz CT molecular complexity index is 1550. The maximum atomic E-state index is 13.8. The van der Waals surface area contributed by atoms with Crippen LogP contribution in [0.15, 0.2) is 72.8 Å².